The fourth-order valence-electron chi connectivity index (χ4n) is 3.46. The van der Waals surface area contributed by atoms with Gasteiger partial charge >= 0.3 is 0 Å². The van der Waals surface area contributed by atoms with E-state index >= 15 is 0 Å². The predicted molar refractivity (Wildman–Crippen MR) is 88.0 cm³/mol. The number of nitrogens with zero attached hydrogens (tertiary/aromatic N) is 1. The molecule has 0 spiro atoms. The summed E-state index contributed by atoms with van der Waals surface area (Å²) in [4.78, 5) is 12.9. The Labute approximate surface area is 137 Å². The summed E-state index contributed by atoms with van der Waals surface area (Å²) in [7, 11) is 0. The number of hydrogen-bond acceptors (Lipinski definition) is 2. The van der Waals surface area contributed by atoms with Crippen LogP contribution >= 0.6 is 0 Å². The van der Waals surface area contributed by atoms with E-state index in [4.69, 9.17) is 0 Å². The average molecular weight is 326 g/mol. The monoisotopic (exact) mass is 326 g/mol. The first-order valence-electron chi connectivity index (χ1n) is 7.94. The molecule has 0 bridgehead atoms. The Morgan fingerprint density at radius 3 is 2.75 bits per heavy atom. The number of carbonyl (C=O) groups excluding carboxylic acids is 1. The SMILES string of the molecule is O=C(Cc1ccccc1)n1c2c(c3cc(F)cc(F)c31)CCNC2. The van der Waals surface area contributed by atoms with Crippen molar-refractivity contribution in [3.63, 3.8) is 0 Å². The summed E-state index contributed by atoms with van der Waals surface area (Å²) in [6, 6.07) is 11.5. The van der Waals surface area contributed by atoms with E-state index in [0.29, 0.717) is 18.4 Å². The van der Waals surface area contributed by atoms with Gasteiger partial charge < -0.3 is 5.32 Å². The molecule has 3 aromatic rings. The van der Waals surface area contributed by atoms with E-state index in [2.05, 4.69) is 5.32 Å². The van der Waals surface area contributed by atoms with E-state index in [1.165, 1.54) is 10.6 Å². The maximum Gasteiger partial charge on any atom is 0.235 e. The van der Waals surface area contributed by atoms with Crippen molar-refractivity contribution in [3.8, 4) is 0 Å². The second kappa shape index (κ2) is 5.83. The Balaban J connectivity index is 1.89. The summed E-state index contributed by atoms with van der Waals surface area (Å²) >= 11 is 0. The number of fused-ring (bicyclic) bond motifs is 3. The lowest BCUT2D eigenvalue weighted by Crippen LogP contribution is -2.27. The van der Waals surface area contributed by atoms with Crippen molar-refractivity contribution in [1.82, 2.24) is 9.88 Å². The Morgan fingerprint density at radius 1 is 1.17 bits per heavy atom. The fourth-order valence-corrected chi connectivity index (χ4v) is 3.46. The molecule has 24 heavy (non-hydrogen) atoms. The maximum absolute atomic E-state index is 14.5. The second-order valence-electron chi connectivity index (χ2n) is 6.03. The van der Waals surface area contributed by atoms with E-state index in [0.717, 1.165) is 29.4 Å². The summed E-state index contributed by atoms with van der Waals surface area (Å²) in [5.41, 5.74) is 2.65. The highest BCUT2D eigenvalue weighted by Crippen LogP contribution is 2.31. The molecule has 1 aliphatic rings. The van der Waals surface area contributed by atoms with Crippen LogP contribution in [0.3, 0.4) is 0 Å². The van der Waals surface area contributed by atoms with Crippen LogP contribution in [-0.2, 0) is 19.4 Å². The zero-order valence-corrected chi connectivity index (χ0v) is 13.0. The Kier molecular flexibility index (Phi) is 3.65. The van der Waals surface area contributed by atoms with Crippen molar-refractivity contribution in [3.05, 3.63) is 70.9 Å². The minimum absolute atomic E-state index is 0.174. The van der Waals surface area contributed by atoms with E-state index in [9.17, 15) is 13.6 Å². The third kappa shape index (κ3) is 2.41. The molecule has 0 unspecified atom stereocenters. The molecule has 0 fully saturated rings. The van der Waals surface area contributed by atoms with Gasteiger partial charge in [0.15, 0.2) is 5.82 Å². The second-order valence-corrected chi connectivity index (χ2v) is 6.03. The number of rotatable bonds is 2. The van der Waals surface area contributed by atoms with Crippen molar-refractivity contribution >= 4 is 16.8 Å². The third-order valence-electron chi connectivity index (χ3n) is 4.49. The van der Waals surface area contributed by atoms with Gasteiger partial charge in [0.05, 0.1) is 11.9 Å². The molecule has 3 nitrogen and oxygen atoms in total. The highest BCUT2D eigenvalue weighted by Gasteiger charge is 2.26. The summed E-state index contributed by atoms with van der Waals surface area (Å²) in [6.45, 7) is 1.21. The van der Waals surface area contributed by atoms with Crippen LogP contribution in [0, 0.1) is 11.6 Å². The van der Waals surface area contributed by atoms with Crippen LogP contribution in [0.2, 0.25) is 0 Å². The molecule has 4 rings (SSSR count). The number of benzene rings is 2. The van der Waals surface area contributed by atoms with Gasteiger partial charge in [-0.25, -0.2) is 8.78 Å². The van der Waals surface area contributed by atoms with Crippen molar-refractivity contribution in [2.75, 3.05) is 6.54 Å². The summed E-state index contributed by atoms with van der Waals surface area (Å²) in [6.07, 6.45) is 0.828. The molecular weight excluding hydrogens is 310 g/mol. The summed E-state index contributed by atoms with van der Waals surface area (Å²) < 4.78 is 29.6. The first-order chi connectivity index (χ1) is 11.6. The molecule has 2 aromatic carbocycles. The standard InChI is InChI=1S/C19H16F2N2O/c20-13-9-15-14-6-7-22-11-17(14)23(19(15)16(21)10-13)18(24)8-12-4-2-1-3-5-12/h1-5,9-10,22H,6-8,11H2. The molecule has 0 atom stereocenters. The van der Waals surface area contributed by atoms with E-state index < -0.39 is 11.6 Å². The first-order valence-corrected chi connectivity index (χ1v) is 7.94. The van der Waals surface area contributed by atoms with Gasteiger partial charge in [0.25, 0.3) is 0 Å². The van der Waals surface area contributed by atoms with Crippen LogP contribution in [-0.4, -0.2) is 17.0 Å². The van der Waals surface area contributed by atoms with Crippen molar-refractivity contribution in [2.24, 2.45) is 0 Å². The molecule has 0 aliphatic carbocycles. The van der Waals surface area contributed by atoms with Crippen LogP contribution in [0.4, 0.5) is 8.78 Å². The van der Waals surface area contributed by atoms with Crippen molar-refractivity contribution in [2.45, 2.75) is 19.4 Å². The normalized spacial score (nSPS) is 13.9. The minimum atomic E-state index is -0.694. The van der Waals surface area contributed by atoms with Crippen molar-refractivity contribution < 1.29 is 13.6 Å². The van der Waals surface area contributed by atoms with Crippen molar-refractivity contribution in [1.29, 1.82) is 0 Å². The lowest BCUT2D eigenvalue weighted by atomic mass is 10.0. The summed E-state index contributed by atoms with van der Waals surface area (Å²) in [5, 5.41) is 3.71. The quantitative estimate of drug-likeness (QED) is 0.783. The molecule has 1 aliphatic heterocycles. The number of nitrogens with one attached hydrogen (secondary N) is 1. The molecule has 0 radical (unpaired) electrons. The molecule has 0 amide bonds. The number of halogens is 2. The van der Waals surface area contributed by atoms with Gasteiger partial charge in [0.2, 0.25) is 5.91 Å². The van der Waals surface area contributed by atoms with E-state index in [1.807, 2.05) is 30.3 Å². The highest BCUT2D eigenvalue weighted by molar-refractivity contribution is 5.97. The molecule has 5 heteroatoms. The van der Waals surface area contributed by atoms with Gasteiger partial charge in [-0.15, -0.1) is 0 Å². The molecular formula is C19H16F2N2O. The van der Waals surface area contributed by atoms with Crippen LogP contribution in [0.25, 0.3) is 10.9 Å². The Bertz CT molecular complexity index is 932. The minimum Gasteiger partial charge on any atom is -0.311 e. The lowest BCUT2D eigenvalue weighted by molar-refractivity contribution is 0.0914. The Hall–Kier alpha value is -2.53. The van der Waals surface area contributed by atoms with Crippen LogP contribution < -0.4 is 5.32 Å². The van der Waals surface area contributed by atoms with Gasteiger partial charge in [-0.2, -0.15) is 0 Å². The van der Waals surface area contributed by atoms with Gasteiger partial charge in [-0.1, -0.05) is 30.3 Å². The summed E-state index contributed by atoms with van der Waals surface area (Å²) in [5.74, 6) is -1.52. The molecule has 1 aromatic heterocycles. The van der Waals surface area contributed by atoms with Crippen LogP contribution in [0.1, 0.15) is 21.6 Å². The topological polar surface area (TPSA) is 34.0 Å². The lowest BCUT2D eigenvalue weighted by Gasteiger charge is -2.16. The molecule has 0 saturated carbocycles. The molecule has 122 valence electrons. The zero-order chi connectivity index (χ0) is 16.7. The van der Waals surface area contributed by atoms with E-state index in [1.54, 1.807) is 0 Å². The zero-order valence-electron chi connectivity index (χ0n) is 13.0. The number of hydrogen-bond donors (Lipinski definition) is 1. The molecule has 2 heterocycles. The highest BCUT2D eigenvalue weighted by atomic mass is 19.1. The third-order valence-corrected chi connectivity index (χ3v) is 4.49. The van der Waals surface area contributed by atoms with Gasteiger partial charge in [-0.3, -0.25) is 9.36 Å². The van der Waals surface area contributed by atoms with Crippen LogP contribution in [0.15, 0.2) is 42.5 Å². The predicted octanol–water partition coefficient (Wildman–Crippen LogP) is 3.45. The van der Waals surface area contributed by atoms with E-state index in [-0.39, 0.29) is 17.8 Å². The number of aromatic nitrogens is 1. The largest absolute Gasteiger partial charge is 0.311 e. The first kappa shape index (κ1) is 15.0. The fraction of sp³-hybridized carbons (Fsp3) is 0.211. The average Bonchev–Trinajstić information content (AvgIpc) is 2.91. The van der Waals surface area contributed by atoms with Crippen LogP contribution in [0.5, 0.6) is 0 Å². The van der Waals surface area contributed by atoms with Gasteiger partial charge in [-0.05, 0) is 30.2 Å². The van der Waals surface area contributed by atoms with Gasteiger partial charge in [0.1, 0.15) is 5.82 Å². The molecule has 0 saturated heterocycles. The maximum atomic E-state index is 14.5. The molecule has 1 N–H and O–H groups in total. The van der Waals surface area contributed by atoms with Gasteiger partial charge in [0, 0.05) is 23.7 Å². The number of carbonyl (C=O) groups is 1. The Morgan fingerprint density at radius 2 is 1.96 bits per heavy atom. The smallest absolute Gasteiger partial charge is 0.235 e.